The van der Waals surface area contributed by atoms with Gasteiger partial charge in [-0.3, -0.25) is 4.79 Å². The van der Waals surface area contributed by atoms with Gasteiger partial charge in [0.25, 0.3) is 5.91 Å². The number of ether oxygens (including phenoxy) is 2. The number of hydrogen-bond donors (Lipinski definition) is 2. The smallest absolute Gasteiger partial charge is 0.354 e. The summed E-state index contributed by atoms with van der Waals surface area (Å²) in [6.45, 7) is 2.65. The molecule has 0 radical (unpaired) electrons. The van der Waals surface area contributed by atoms with Crippen LogP contribution in [0.4, 0.5) is 4.39 Å². The molecule has 0 saturated heterocycles. The van der Waals surface area contributed by atoms with Gasteiger partial charge in [-0.05, 0) is 43.7 Å². The maximum Gasteiger partial charge on any atom is 0.354 e. The molecule has 3 N–H and O–H groups in total. The molecular weight excluding hydrogens is 437 g/mol. The molecular formula is C22H18FN3O5S. The number of rotatable bonds is 7. The number of nitrogens with two attached hydrogens (primary N) is 1. The Morgan fingerprint density at radius 2 is 2.03 bits per heavy atom. The normalized spacial score (nSPS) is 11.0. The van der Waals surface area contributed by atoms with Crippen molar-refractivity contribution in [2.24, 2.45) is 5.73 Å². The number of nitrogens with zero attached hydrogens (tertiary/aromatic N) is 2. The van der Waals surface area contributed by atoms with E-state index in [9.17, 15) is 19.1 Å². The standard InChI is InChI=1S/C22H18FN3O5S/c1-22(2,29)14-7-6-13(16(23)9-14)11-30-21(28)17-19(26-20(32-17)18(25)27)31-15-5-3-4-12(8-15)10-24/h3-9,29H,11H2,1-2H3,(H2,25,27). The predicted octanol–water partition coefficient (Wildman–Crippen LogP) is 3.63. The van der Waals surface area contributed by atoms with Gasteiger partial charge in [0.1, 0.15) is 18.2 Å². The van der Waals surface area contributed by atoms with E-state index in [1.54, 1.807) is 18.2 Å². The van der Waals surface area contributed by atoms with E-state index in [-0.39, 0.29) is 27.1 Å². The van der Waals surface area contributed by atoms with Crippen molar-refractivity contribution in [1.29, 1.82) is 5.26 Å². The van der Waals surface area contributed by atoms with Crippen LogP contribution in [0.15, 0.2) is 42.5 Å². The molecule has 0 aliphatic heterocycles. The fourth-order valence-corrected chi connectivity index (χ4v) is 3.34. The summed E-state index contributed by atoms with van der Waals surface area (Å²) >= 11 is 0.673. The molecule has 0 fully saturated rings. The molecule has 0 spiro atoms. The molecule has 0 saturated carbocycles. The number of hydrogen-bond acceptors (Lipinski definition) is 8. The van der Waals surface area contributed by atoms with Crippen LogP contribution < -0.4 is 10.5 Å². The van der Waals surface area contributed by atoms with E-state index in [4.69, 9.17) is 20.5 Å². The lowest BCUT2D eigenvalue weighted by Crippen LogP contribution is -2.16. The van der Waals surface area contributed by atoms with Crippen LogP contribution >= 0.6 is 11.3 Å². The molecule has 8 nitrogen and oxygen atoms in total. The minimum absolute atomic E-state index is 0.0928. The second-order valence-electron chi connectivity index (χ2n) is 7.20. The summed E-state index contributed by atoms with van der Waals surface area (Å²) in [6.07, 6.45) is 0. The summed E-state index contributed by atoms with van der Waals surface area (Å²) in [5, 5.41) is 18.8. The number of aliphatic hydroxyl groups is 1. The lowest BCUT2D eigenvalue weighted by Gasteiger charge is -2.18. The third-order valence-electron chi connectivity index (χ3n) is 4.29. The molecule has 0 aliphatic carbocycles. The SMILES string of the molecule is CC(C)(O)c1ccc(COC(=O)c2sc(C(N)=O)nc2Oc2cccc(C#N)c2)c(F)c1. The highest BCUT2D eigenvalue weighted by Gasteiger charge is 2.25. The molecule has 32 heavy (non-hydrogen) atoms. The van der Waals surface area contributed by atoms with Gasteiger partial charge in [-0.1, -0.05) is 29.5 Å². The second kappa shape index (κ2) is 9.13. The van der Waals surface area contributed by atoms with E-state index in [2.05, 4.69) is 4.98 Å². The third kappa shape index (κ3) is 5.26. The third-order valence-corrected chi connectivity index (χ3v) is 5.32. The van der Waals surface area contributed by atoms with Gasteiger partial charge in [0, 0.05) is 5.56 Å². The van der Waals surface area contributed by atoms with Gasteiger partial charge in [-0.15, -0.1) is 0 Å². The van der Waals surface area contributed by atoms with Crippen LogP contribution in [-0.2, 0) is 16.9 Å². The van der Waals surface area contributed by atoms with E-state index in [0.29, 0.717) is 22.5 Å². The lowest BCUT2D eigenvalue weighted by molar-refractivity contribution is 0.0470. The Morgan fingerprint density at radius 1 is 1.28 bits per heavy atom. The van der Waals surface area contributed by atoms with Gasteiger partial charge in [-0.25, -0.2) is 9.18 Å². The highest BCUT2D eigenvalue weighted by atomic mass is 32.1. The van der Waals surface area contributed by atoms with Crippen molar-refractivity contribution in [3.8, 4) is 17.7 Å². The summed E-state index contributed by atoms with van der Waals surface area (Å²) in [5.74, 6) is -2.41. The van der Waals surface area contributed by atoms with Crippen LogP contribution in [0.5, 0.6) is 11.6 Å². The van der Waals surface area contributed by atoms with Gasteiger partial charge >= 0.3 is 5.97 Å². The Bertz CT molecular complexity index is 1230. The minimum Gasteiger partial charge on any atom is -0.456 e. The van der Waals surface area contributed by atoms with E-state index < -0.39 is 29.9 Å². The fraction of sp³-hybridized carbons (Fsp3) is 0.182. The second-order valence-corrected chi connectivity index (χ2v) is 8.20. The lowest BCUT2D eigenvalue weighted by atomic mass is 9.97. The van der Waals surface area contributed by atoms with Gasteiger partial charge in [0.2, 0.25) is 5.88 Å². The van der Waals surface area contributed by atoms with Crippen molar-refractivity contribution in [2.75, 3.05) is 0 Å². The molecule has 164 valence electrons. The number of nitriles is 1. The number of benzene rings is 2. The number of halogens is 1. The molecule has 0 unspecified atom stereocenters. The van der Waals surface area contributed by atoms with E-state index in [1.807, 2.05) is 6.07 Å². The first-order chi connectivity index (χ1) is 15.1. The maximum absolute atomic E-state index is 14.4. The van der Waals surface area contributed by atoms with Crippen molar-refractivity contribution in [3.05, 3.63) is 74.9 Å². The van der Waals surface area contributed by atoms with Crippen molar-refractivity contribution in [3.63, 3.8) is 0 Å². The monoisotopic (exact) mass is 455 g/mol. The van der Waals surface area contributed by atoms with Crippen LogP contribution in [0.25, 0.3) is 0 Å². The van der Waals surface area contributed by atoms with Gasteiger partial charge in [0.05, 0.1) is 17.2 Å². The number of primary amides is 1. The maximum atomic E-state index is 14.4. The number of aromatic nitrogens is 1. The summed E-state index contributed by atoms with van der Waals surface area (Å²) in [5.41, 5.74) is 4.82. The minimum atomic E-state index is -1.22. The Labute approximate surface area is 186 Å². The highest BCUT2D eigenvalue weighted by Crippen LogP contribution is 2.31. The summed E-state index contributed by atoms with van der Waals surface area (Å²) < 4.78 is 25.1. The molecule has 2 aromatic carbocycles. The highest BCUT2D eigenvalue weighted by molar-refractivity contribution is 7.15. The molecule has 1 heterocycles. The van der Waals surface area contributed by atoms with Gasteiger partial charge < -0.3 is 20.3 Å². The van der Waals surface area contributed by atoms with E-state index in [0.717, 1.165) is 6.07 Å². The van der Waals surface area contributed by atoms with Crippen LogP contribution in [-0.4, -0.2) is 22.0 Å². The predicted molar refractivity (Wildman–Crippen MR) is 113 cm³/mol. The Morgan fingerprint density at radius 3 is 2.66 bits per heavy atom. The average molecular weight is 455 g/mol. The molecule has 1 amide bonds. The zero-order chi connectivity index (χ0) is 23.5. The molecule has 3 rings (SSSR count). The van der Waals surface area contributed by atoms with Crippen molar-refractivity contribution in [1.82, 2.24) is 4.98 Å². The van der Waals surface area contributed by atoms with Crippen molar-refractivity contribution in [2.45, 2.75) is 26.1 Å². The van der Waals surface area contributed by atoms with Crippen LogP contribution in [0, 0.1) is 17.1 Å². The molecule has 0 aliphatic rings. The summed E-state index contributed by atoms with van der Waals surface area (Å²) in [7, 11) is 0. The Balaban J connectivity index is 1.81. The molecule has 0 atom stereocenters. The zero-order valence-corrected chi connectivity index (χ0v) is 17.9. The quantitative estimate of drug-likeness (QED) is 0.519. The summed E-state index contributed by atoms with van der Waals surface area (Å²) in [6, 6.07) is 12.2. The number of thiazole rings is 1. The first kappa shape index (κ1) is 22.9. The first-order valence-corrected chi connectivity index (χ1v) is 10.1. The molecule has 1 aromatic heterocycles. The first-order valence-electron chi connectivity index (χ1n) is 9.25. The Kier molecular flexibility index (Phi) is 6.53. The van der Waals surface area contributed by atoms with E-state index >= 15 is 0 Å². The molecule has 0 bridgehead atoms. The van der Waals surface area contributed by atoms with Gasteiger partial charge in [0.15, 0.2) is 9.88 Å². The number of carbonyl (C=O) groups is 2. The number of amides is 1. The number of esters is 1. The van der Waals surface area contributed by atoms with Crippen LogP contribution in [0.2, 0.25) is 0 Å². The molecule has 10 heteroatoms. The van der Waals surface area contributed by atoms with Crippen LogP contribution in [0.1, 0.15) is 50.0 Å². The zero-order valence-electron chi connectivity index (χ0n) is 17.1. The van der Waals surface area contributed by atoms with E-state index in [1.165, 1.54) is 32.0 Å². The summed E-state index contributed by atoms with van der Waals surface area (Å²) in [4.78, 5) is 27.9. The van der Waals surface area contributed by atoms with Crippen LogP contribution in [0.3, 0.4) is 0 Å². The van der Waals surface area contributed by atoms with Crippen molar-refractivity contribution < 1.29 is 28.6 Å². The average Bonchev–Trinajstić information content (AvgIpc) is 3.16. The molecule has 3 aromatic rings. The van der Waals surface area contributed by atoms with Gasteiger partial charge in [-0.2, -0.15) is 10.2 Å². The Hall–Kier alpha value is -3.81. The largest absolute Gasteiger partial charge is 0.456 e. The van der Waals surface area contributed by atoms with Crippen molar-refractivity contribution >= 4 is 23.2 Å². The number of carbonyl (C=O) groups excluding carboxylic acids is 2. The fourth-order valence-electron chi connectivity index (χ4n) is 2.60. The topological polar surface area (TPSA) is 136 Å².